The van der Waals surface area contributed by atoms with Crippen molar-refractivity contribution in [1.82, 2.24) is 10.2 Å². The van der Waals surface area contributed by atoms with Gasteiger partial charge in [-0.2, -0.15) is 13.2 Å². The minimum Gasteiger partial charge on any atom is -0.478 e. The van der Waals surface area contributed by atoms with E-state index in [1.165, 1.54) is 18.2 Å². The van der Waals surface area contributed by atoms with E-state index in [9.17, 15) is 32.7 Å². The van der Waals surface area contributed by atoms with Crippen LogP contribution in [0, 0.1) is 0 Å². The number of carboxylic acid groups (broad SMARTS) is 1. The van der Waals surface area contributed by atoms with E-state index in [0.29, 0.717) is 0 Å². The van der Waals surface area contributed by atoms with Gasteiger partial charge in [0.05, 0.1) is 11.6 Å². The number of carbonyl (C=O) groups is 3. The monoisotopic (exact) mass is 342 g/mol. The lowest BCUT2D eigenvalue weighted by Crippen LogP contribution is -2.61. The van der Waals surface area contributed by atoms with Crippen molar-refractivity contribution >= 4 is 17.8 Å². The van der Waals surface area contributed by atoms with E-state index in [0.717, 1.165) is 4.90 Å². The van der Waals surface area contributed by atoms with Crippen molar-refractivity contribution in [3.8, 4) is 0 Å². The first kappa shape index (κ1) is 16.3. The maximum atomic E-state index is 13.2. The predicted octanol–water partition coefficient (Wildman–Crippen LogP) is 1.55. The number of carbonyl (C=O) groups excluding carboxylic acids is 2. The lowest BCUT2D eigenvalue weighted by Gasteiger charge is -2.38. The molecule has 0 radical (unpaired) electrons. The molecule has 0 saturated carbocycles. The molecular formula is C15H13F3N2O4. The maximum absolute atomic E-state index is 13.2. The number of hydrogen-bond acceptors (Lipinski definition) is 3. The van der Waals surface area contributed by atoms with Crippen molar-refractivity contribution < 1.29 is 32.7 Å². The van der Waals surface area contributed by atoms with Crippen LogP contribution in [0.1, 0.15) is 39.1 Å². The summed E-state index contributed by atoms with van der Waals surface area (Å²) in [4.78, 5) is 36.1. The molecule has 2 aliphatic heterocycles. The molecule has 1 fully saturated rings. The van der Waals surface area contributed by atoms with Crippen LogP contribution in [-0.4, -0.2) is 46.1 Å². The summed E-state index contributed by atoms with van der Waals surface area (Å²) in [6, 6.07) is 0.665. The summed E-state index contributed by atoms with van der Waals surface area (Å²) in [5.74, 6) is -2.61. The van der Waals surface area contributed by atoms with E-state index in [2.05, 4.69) is 0 Å². The van der Waals surface area contributed by atoms with Gasteiger partial charge in [-0.15, -0.1) is 0 Å². The third kappa shape index (κ3) is 2.59. The zero-order valence-electron chi connectivity index (χ0n) is 12.3. The molecule has 2 atom stereocenters. The molecule has 9 heteroatoms. The molecule has 3 rings (SSSR count). The average molecular weight is 342 g/mol. The number of alkyl halides is 3. The van der Waals surface area contributed by atoms with Crippen LogP contribution in [0.4, 0.5) is 13.2 Å². The molecule has 2 aliphatic rings. The van der Waals surface area contributed by atoms with E-state index in [-0.39, 0.29) is 36.1 Å². The van der Waals surface area contributed by atoms with Gasteiger partial charge in [-0.3, -0.25) is 9.59 Å². The van der Waals surface area contributed by atoms with Gasteiger partial charge in [0.25, 0.3) is 5.91 Å². The van der Waals surface area contributed by atoms with Gasteiger partial charge in [-0.1, -0.05) is 6.07 Å². The van der Waals surface area contributed by atoms with Crippen LogP contribution in [-0.2, 0) is 11.3 Å². The molecule has 0 aromatic heterocycles. The van der Waals surface area contributed by atoms with Gasteiger partial charge in [0, 0.05) is 18.5 Å². The molecule has 0 spiro atoms. The summed E-state index contributed by atoms with van der Waals surface area (Å²) >= 11 is 0. The van der Waals surface area contributed by atoms with Crippen molar-refractivity contribution in [2.24, 2.45) is 0 Å². The Labute approximate surface area is 134 Å². The van der Waals surface area contributed by atoms with Gasteiger partial charge >= 0.3 is 12.1 Å². The first-order valence-corrected chi connectivity index (χ1v) is 7.22. The van der Waals surface area contributed by atoms with Gasteiger partial charge in [0.15, 0.2) is 0 Å². The molecule has 0 bridgehead atoms. The molecule has 2 heterocycles. The number of aromatic carboxylic acids is 1. The van der Waals surface area contributed by atoms with Crippen LogP contribution in [0.15, 0.2) is 18.2 Å². The number of amides is 2. The Bertz CT molecular complexity index is 732. The Balaban J connectivity index is 1.96. The average Bonchev–Trinajstić information content (AvgIpc) is 2.83. The first-order chi connectivity index (χ1) is 11.2. The Morgan fingerprint density at radius 2 is 2.00 bits per heavy atom. The molecule has 6 nitrogen and oxygen atoms in total. The number of piperidine rings is 1. The smallest absolute Gasteiger partial charge is 0.410 e. The van der Waals surface area contributed by atoms with Crippen molar-refractivity contribution in [2.45, 2.75) is 37.6 Å². The molecule has 24 heavy (non-hydrogen) atoms. The van der Waals surface area contributed by atoms with Crippen LogP contribution >= 0.6 is 0 Å². The number of benzene rings is 1. The fourth-order valence-corrected chi connectivity index (χ4v) is 3.25. The third-order valence-corrected chi connectivity index (χ3v) is 4.35. The number of halogens is 3. The van der Waals surface area contributed by atoms with Crippen LogP contribution in [0.5, 0.6) is 0 Å². The summed E-state index contributed by atoms with van der Waals surface area (Å²) < 4.78 is 39.7. The molecule has 2 N–H and O–H groups in total. The predicted molar refractivity (Wildman–Crippen MR) is 74.3 cm³/mol. The van der Waals surface area contributed by atoms with E-state index in [1.807, 2.05) is 5.32 Å². The summed E-state index contributed by atoms with van der Waals surface area (Å²) in [5.41, 5.74) is 0.187. The number of nitrogens with zero attached hydrogens (tertiary/aromatic N) is 1. The Morgan fingerprint density at radius 3 is 2.62 bits per heavy atom. The van der Waals surface area contributed by atoms with Crippen molar-refractivity contribution in [2.75, 3.05) is 0 Å². The zero-order chi connectivity index (χ0) is 17.6. The summed E-state index contributed by atoms with van der Waals surface area (Å²) in [5, 5.41) is 11.1. The quantitative estimate of drug-likeness (QED) is 0.854. The Kier molecular flexibility index (Phi) is 3.73. The Hall–Kier alpha value is -2.58. The Morgan fingerprint density at radius 1 is 1.29 bits per heavy atom. The van der Waals surface area contributed by atoms with Gasteiger partial charge in [0.2, 0.25) is 5.91 Å². The lowest BCUT2D eigenvalue weighted by atomic mass is 9.96. The third-order valence-electron chi connectivity index (χ3n) is 4.35. The number of rotatable bonds is 2. The van der Waals surface area contributed by atoms with Crippen LogP contribution < -0.4 is 5.32 Å². The van der Waals surface area contributed by atoms with Crippen LogP contribution in [0.3, 0.4) is 0 Å². The van der Waals surface area contributed by atoms with E-state index in [1.54, 1.807) is 0 Å². The van der Waals surface area contributed by atoms with Crippen LogP contribution in [0.2, 0.25) is 0 Å². The SMILES string of the molecule is O=C1CCC(N2Cc3c(C(=O)O)cccc3C2=O)C(C(F)(F)F)N1. The second-order valence-corrected chi connectivity index (χ2v) is 5.76. The fourth-order valence-electron chi connectivity index (χ4n) is 3.25. The molecule has 0 aliphatic carbocycles. The molecular weight excluding hydrogens is 329 g/mol. The standard InChI is InChI=1S/C15H13F3N2O4/c16-15(17,18)12-10(4-5-11(21)19-12)20-6-9-7(13(20)22)2-1-3-8(9)14(23)24/h1-3,10,12H,4-6H2,(H,19,21)(H,23,24). The number of carboxylic acids is 1. The highest BCUT2D eigenvalue weighted by Gasteiger charge is 2.52. The molecule has 2 unspecified atom stereocenters. The van der Waals surface area contributed by atoms with Crippen LogP contribution in [0.25, 0.3) is 0 Å². The normalized spacial score (nSPS) is 23.9. The lowest BCUT2D eigenvalue weighted by molar-refractivity contribution is -0.178. The minimum atomic E-state index is -4.70. The fraction of sp³-hybridized carbons (Fsp3) is 0.400. The second-order valence-electron chi connectivity index (χ2n) is 5.76. The number of fused-ring (bicyclic) bond motifs is 1. The van der Waals surface area contributed by atoms with Crippen molar-refractivity contribution in [3.05, 3.63) is 34.9 Å². The van der Waals surface area contributed by atoms with Gasteiger partial charge < -0.3 is 15.3 Å². The number of nitrogens with one attached hydrogen (secondary N) is 1. The van der Waals surface area contributed by atoms with Crippen molar-refractivity contribution in [1.29, 1.82) is 0 Å². The second kappa shape index (κ2) is 5.50. The molecule has 2 amide bonds. The summed E-state index contributed by atoms with van der Waals surface area (Å²) in [6.07, 6.45) is -4.95. The van der Waals surface area contributed by atoms with E-state index >= 15 is 0 Å². The highest BCUT2D eigenvalue weighted by molar-refractivity contribution is 6.02. The largest absolute Gasteiger partial charge is 0.478 e. The highest BCUT2D eigenvalue weighted by atomic mass is 19.4. The summed E-state index contributed by atoms with van der Waals surface area (Å²) in [6.45, 7) is -0.218. The molecule has 128 valence electrons. The first-order valence-electron chi connectivity index (χ1n) is 7.22. The van der Waals surface area contributed by atoms with E-state index < -0.39 is 36.0 Å². The van der Waals surface area contributed by atoms with Gasteiger partial charge in [-0.05, 0) is 24.1 Å². The van der Waals surface area contributed by atoms with Crippen molar-refractivity contribution in [3.63, 3.8) is 0 Å². The molecule has 1 aromatic rings. The van der Waals surface area contributed by atoms with E-state index in [4.69, 9.17) is 0 Å². The maximum Gasteiger partial charge on any atom is 0.410 e. The zero-order valence-corrected chi connectivity index (χ0v) is 12.3. The number of hydrogen-bond donors (Lipinski definition) is 2. The molecule has 1 saturated heterocycles. The highest BCUT2D eigenvalue weighted by Crippen LogP contribution is 2.35. The molecule has 1 aromatic carbocycles. The van der Waals surface area contributed by atoms with Gasteiger partial charge in [0.1, 0.15) is 6.04 Å². The van der Waals surface area contributed by atoms with Gasteiger partial charge in [-0.25, -0.2) is 4.79 Å². The minimum absolute atomic E-state index is 0.0905. The summed E-state index contributed by atoms with van der Waals surface area (Å²) in [7, 11) is 0. The topological polar surface area (TPSA) is 86.7 Å².